The number of carbonyl (C=O) groups excluding carboxylic acids is 2. The molecule has 3 N–H and O–H groups in total. The molecule has 0 aromatic carbocycles. The molecule has 9 nitrogen and oxygen atoms in total. The molecular weight excluding hydrogens is 326 g/mol. The van der Waals surface area contributed by atoms with Gasteiger partial charge in [0.25, 0.3) is 17.7 Å². The van der Waals surface area contributed by atoms with Crippen LogP contribution in [-0.2, 0) is 11.3 Å². The summed E-state index contributed by atoms with van der Waals surface area (Å²) in [6, 6.07) is 3.26. The zero-order valence-electron chi connectivity index (χ0n) is 14.1. The van der Waals surface area contributed by atoms with Crippen molar-refractivity contribution in [2.45, 2.75) is 38.8 Å². The molecule has 0 radical (unpaired) electrons. The van der Waals surface area contributed by atoms with Crippen molar-refractivity contribution in [1.82, 2.24) is 20.8 Å². The Kier molecular flexibility index (Phi) is 5.44. The Bertz CT molecular complexity index is 708. The van der Waals surface area contributed by atoms with Gasteiger partial charge in [-0.25, -0.2) is 4.79 Å². The number of amides is 3. The Morgan fingerprint density at radius 2 is 2.20 bits per heavy atom. The van der Waals surface area contributed by atoms with Crippen LogP contribution >= 0.6 is 0 Å². The van der Waals surface area contributed by atoms with Crippen LogP contribution in [0.15, 0.2) is 27.2 Å². The smallest absolute Gasteiger partial charge is 0.321 e. The molecule has 0 spiro atoms. The van der Waals surface area contributed by atoms with Gasteiger partial charge >= 0.3 is 6.03 Å². The van der Waals surface area contributed by atoms with E-state index in [9.17, 15) is 9.59 Å². The highest BCUT2D eigenvalue weighted by Crippen LogP contribution is 2.18. The number of quaternary nitrogens is 1. The van der Waals surface area contributed by atoms with Crippen molar-refractivity contribution in [3.63, 3.8) is 0 Å². The minimum Gasteiger partial charge on any atom is -0.459 e. The van der Waals surface area contributed by atoms with E-state index in [0.717, 1.165) is 30.7 Å². The summed E-state index contributed by atoms with van der Waals surface area (Å²) in [5, 5.41) is 13.0. The molecule has 1 aliphatic carbocycles. The number of aromatic nitrogens is 2. The molecule has 134 valence electrons. The van der Waals surface area contributed by atoms with Gasteiger partial charge in [0.2, 0.25) is 0 Å². The summed E-state index contributed by atoms with van der Waals surface area (Å²) < 4.78 is 10.8. The maximum Gasteiger partial charge on any atom is 0.321 e. The molecular formula is C16H22N5O4+. The third-order valence-electron chi connectivity index (χ3n) is 3.78. The van der Waals surface area contributed by atoms with Gasteiger partial charge in [-0.2, -0.15) is 0 Å². The fraction of sp³-hybridized carbons (Fsp3) is 0.500. The highest BCUT2D eigenvalue weighted by molar-refractivity contribution is 5.94. The first-order chi connectivity index (χ1) is 12.1. The second kappa shape index (κ2) is 7.93. The highest BCUT2D eigenvalue weighted by atomic mass is 16.4. The van der Waals surface area contributed by atoms with E-state index in [1.54, 1.807) is 12.1 Å². The van der Waals surface area contributed by atoms with E-state index in [-0.39, 0.29) is 18.5 Å². The molecule has 2 aromatic heterocycles. The Morgan fingerprint density at radius 1 is 1.36 bits per heavy atom. The molecule has 1 fully saturated rings. The van der Waals surface area contributed by atoms with Crippen LogP contribution in [0.5, 0.6) is 0 Å². The standard InChI is InChI=1S/C16H21N5O4/c1-2-7-21(9-13(22)18-16(23)17-11-5-6-11)10-14-19-20-15(25-14)12-4-3-8-24-12/h3-4,8,11H,2,5-7,9-10H2,1H3,(H2,17,18,22,23)/p+1. The van der Waals surface area contributed by atoms with Crippen LogP contribution in [0.2, 0.25) is 0 Å². The molecule has 25 heavy (non-hydrogen) atoms. The number of hydrogen-bond acceptors (Lipinski definition) is 6. The van der Waals surface area contributed by atoms with E-state index >= 15 is 0 Å². The minimum atomic E-state index is -0.429. The topological polar surface area (TPSA) is 115 Å². The lowest BCUT2D eigenvalue weighted by molar-refractivity contribution is -0.907. The van der Waals surface area contributed by atoms with E-state index in [0.29, 0.717) is 24.1 Å². The molecule has 2 heterocycles. The van der Waals surface area contributed by atoms with Crippen LogP contribution in [0.25, 0.3) is 11.7 Å². The fourth-order valence-electron chi connectivity index (χ4n) is 2.48. The lowest BCUT2D eigenvalue weighted by Gasteiger charge is -2.16. The summed E-state index contributed by atoms with van der Waals surface area (Å²) in [7, 11) is 0. The molecule has 1 aliphatic rings. The van der Waals surface area contributed by atoms with Gasteiger partial charge in [-0.05, 0) is 31.4 Å². The van der Waals surface area contributed by atoms with Crippen molar-refractivity contribution in [3.8, 4) is 11.7 Å². The van der Waals surface area contributed by atoms with Gasteiger partial charge in [0.05, 0.1) is 12.8 Å². The molecule has 3 amide bonds. The number of nitrogens with one attached hydrogen (secondary N) is 3. The summed E-state index contributed by atoms with van der Waals surface area (Å²) in [5.74, 6) is 0.909. The summed E-state index contributed by atoms with van der Waals surface area (Å²) >= 11 is 0. The molecule has 1 saturated carbocycles. The van der Waals surface area contributed by atoms with Crippen LogP contribution in [0, 0.1) is 0 Å². The number of urea groups is 1. The van der Waals surface area contributed by atoms with Gasteiger partial charge in [0.15, 0.2) is 18.8 Å². The molecule has 3 rings (SSSR count). The largest absolute Gasteiger partial charge is 0.459 e. The average Bonchev–Trinajstić information content (AvgIpc) is 3.02. The van der Waals surface area contributed by atoms with Crippen LogP contribution in [0.3, 0.4) is 0 Å². The van der Waals surface area contributed by atoms with E-state index < -0.39 is 6.03 Å². The minimum absolute atomic E-state index is 0.157. The number of rotatable bonds is 8. The van der Waals surface area contributed by atoms with Gasteiger partial charge in [-0.3, -0.25) is 10.1 Å². The average molecular weight is 348 g/mol. The molecule has 0 saturated heterocycles. The molecule has 0 aliphatic heterocycles. The van der Waals surface area contributed by atoms with Crippen LogP contribution in [-0.4, -0.2) is 41.3 Å². The monoisotopic (exact) mass is 348 g/mol. The van der Waals surface area contributed by atoms with Crippen molar-refractivity contribution in [1.29, 1.82) is 0 Å². The van der Waals surface area contributed by atoms with Crippen molar-refractivity contribution in [3.05, 3.63) is 24.3 Å². The molecule has 9 heteroatoms. The van der Waals surface area contributed by atoms with Crippen molar-refractivity contribution < 1.29 is 23.3 Å². The number of carbonyl (C=O) groups is 2. The van der Waals surface area contributed by atoms with Gasteiger partial charge in [-0.15, -0.1) is 10.2 Å². The number of furan rings is 1. The summed E-state index contributed by atoms with van der Waals surface area (Å²) in [6.07, 6.45) is 4.37. The molecule has 1 atom stereocenters. The lowest BCUT2D eigenvalue weighted by Crippen LogP contribution is -3.12. The van der Waals surface area contributed by atoms with Crippen molar-refractivity contribution in [2.75, 3.05) is 13.1 Å². The second-order valence-corrected chi connectivity index (χ2v) is 6.13. The maximum absolute atomic E-state index is 12.0. The SMILES string of the molecule is CCC[NH+](CC(=O)NC(=O)NC1CC1)Cc1nnc(-c2ccco2)o1. The predicted octanol–water partition coefficient (Wildman–Crippen LogP) is 0.113. The summed E-state index contributed by atoms with van der Waals surface area (Å²) in [6.45, 7) is 3.33. The molecule has 2 aromatic rings. The normalized spacial score (nSPS) is 14.9. The maximum atomic E-state index is 12.0. The van der Waals surface area contributed by atoms with Crippen molar-refractivity contribution in [2.24, 2.45) is 0 Å². The van der Waals surface area contributed by atoms with E-state index in [1.807, 2.05) is 6.92 Å². The van der Waals surface area contributed by atoms with Crippen molar-refractivity contribution >= 4 is 11.9 Å². The quantitative estimate of drug-likeness (QED) is 0.624. The van der Waals surface area contributed by atoms with Crippen LogP contribution < -0.4 is 15.5 Å². The molecule has 1 unspecified atom stereocenters. The van der Waals surface area contributed by atoms with Gasteiger partial charge in [-0.1, -0.05) is 6.92 Å². The first-order valence-corrected chi connectivity index (χ1v) is 8.44. The highest BCUT2D eigenvalue weighted by Gasteiger charge is 2.25. The Hall–Kier alpha value is -2.68. The van der Waals surface area contributed by atoms with E-state index in [4.69, 9.17) is 8.83 Å². The van der Waals surface area contributed by atoms with Crippen LogP contribution in [0.4, 0.5) is 4.79 Å². The zero-order valence-corrected chi connectivity index (χ0v) is 14.1. The fourth-order valence-corrected chi connectivity index (χ4v) is 2.48. The lowest BCUT2D eigenvalue weighted by atomic mass is 10.3. The Labute approximate surface area is 144 Å². The number of imide groups is 1. The third-order valence-corrected chi connectivity index (χ3v) is 3.78. The second-order valence-electron chi connectivity index (χ2n) is 6.13. The number of hydrogen-bond donors (Lipinski definition) is 3. The number of nitrogens with zero attached hydrogens (tertiary/aromatic N) is 2. The van der Waals surface area contributed by atoms with E-state index in [2.05, 4.69) is 20.8 Å². The Balaban J connectivity index is 1.53. The van der Waals surface area contributed by atoms with Gasteiger partial charge in [0.1, 0.15) is 0 Å². The summed E-state index contributed by atoms with van der Waals surface area (Å²) in [5.41, 5.74) is 0. The predicted molar refractivity (Wildman–Crippen MR) is 86.4 cm³/mol. The summed E-state index contributed by atoms with van der Waals surface area (Å²) in [4.78, 5) is 24.6. The first-order valence-electron chi connectivity index (χ1n) is 8.44. The van der Waals surface area contributed by atoms with Crippen LogP contribution in [0.1, 0.15) is 32.1 Å². The third kappa shape index (κ3) is 5.15. The van der Waals surface area contributed by atoms with Gasteiger partial charge < -0.3 is 19.1 Å². The zero-order chi connectivity index (χ0) is 17.6. The van der Waals surface area contributed by atoms with Gasteiger partial charge in [0, 0.05) is 6.04 Å². The first kappa shape index (κ1) is 17.2. The van der Waals surface area contributed by atoms with E-state index in [1.165, 1.54) is 6.26 Å². The molecule has 0 bridgehead atoms. The Morgan fingerprint density at radius 3 is 2.88 bits per heavy atom.